The smallest absolute Gasteiger partial charge is 0.0522 e. The first-order valence-electron chi connectivity index (χ1n) is 6.45. The molecule has 4 heteroatoms. The van der Waals surface area contributed by atoms with Gasteiger partial charge in [-0.3, -0.25) is 9.67 Å². The van der Waals surface area contributed by atoms with Gasteiger partial charge in [-0.2, -0.15) is 5.10 Å². The lowest BCUT2D eigenvalue weighted by atomic mass is 10.1. The third-order valence-electron chi connectivity index (χ3n) is 3.04. The molecule has 18 heavy (non-hydrogen) atoms. The Kier molecular flexibility index (Phi) is 4.47. The van der Waals surface area contributed by atoms with E-state index in [9.17, 15) is 0 Å². The van der Waals surface area contributed by atoms with Gasteiger partial charge in [0.05, 0.1) is 5.69 Å². The summed E-state index contributed by atoms with van der Waals surface area (Å²) in [6, 6.07) is 6.47. The predicted molar refractivity (Wildman–Crippen MR) is 72.0 cm³/mol. The second-order valence-electron chi connectivity index (χ2n) is 4.43. The molecule has 0 unspecified atom stereocenters. The van der Waals surface area contributed by atoms with E-state index in [2.05, 4.69) is 40.0 Å². The van der Waals surface area contributed by atoms with E-state index < -0.39 is 0 Å². The lowest BCUT2D eigenvalue weighted by Crippen LogP contribution is -2.20. The van der Waals surface area contributed by atoms with Crippen LogP contribution in [0.25, 0.3) is 0 Å². The molecule has 2 aromatic rings. The third-order valence-corrected chi connectivity index (χ3v) is 3.04. The molecule has 1 atom stereocenters. The number of aryl methyl sites for hydroxylation is 1. The van der Waals surface area contributed by atoms with Crippen LogP contribution in [0.5, 0.6) is 0 Å². The van der Waals surface area contributed by atoms with E-state index in [1.165, 1.54) is 11.3 Å². The highest BCUT2D eigenvalue weighted by atomic mass is 15.3. The fourth-order valence-electron chi connectivity index (χ4n) is 1.95. The van der Waals surface area contributed by atoms with Crippen LogP contribution in [0.1, 0.15) is 37.6 Å². The molecule has 0 aliphatic heterocycles. The molecule has 1 N–H and O–H groups in total. The first-order valence-corrected chi connectivity index (χ1v) is 6.45. The van der Waals surface area contributed by atoms with Gasteiger partial charge in [-0.1, -0.05) is 6.92 Å². The number of hydrogen-bond donors (Lipinski definition) is 1. The van der Waals surface area contributed by atoms with E-state index in [0.717, 1.165) is 19.5 Å². The van der Waals surface area contributed by atoms with Crippen LogP contribution in [0.15, 0.2) is 36.8 Å². The SMILES string of the molecule is CCCn1nccc1CN[C@@H](C)c1ccncc1. The maximum absolute atomic E-state index is 4.32. The van der Waals surface area contributed by atoms with E-state index in [-0.39, 0.29) is 0 Å². The lowest BCUT2D eigenvalue weighted by Gasteiger charge is -2.14. The Morgan fingerprint density at radius 2 is 2.00 bits per heavy atom. The Bertz CT molecular complexity index is 464. The molecule has 2 heterocycles. The van der Waals surface area contributed by atoms with Gasteiger partial charge in [0.15, 0.2) is 0 Å². The van der Waals surface area contributed by atoms with Gasteiger partial charge < -0.3 is 5.32 Å². The van der Waals surface area contributed by atoms with Gasteiger partial charge in [0.2, 0.25) is 0 Å². The van der Waals surface area contributed by atoms with Gasteiger partial charge >= 0.3 is 0 Å². The number of hydrogen-bond acceptors (Lipinski definition) is 3. The number of nitrogens with one attached hydrogen (secondary N) is 1. The van der Waals surface area contributed by atoms with Crippen molar-refractivity contribution in [2.75, 3.05) is 0 Å². The summed E-state index contributed by atoms with van der Waals surface area (Å²) in [7, 11) is 0. The summed E-state index contributed by atoms with van der Waals surface area (Å²) >= 11 is 0. The quantitative estimate of drug-likeness (QED) is 0.849. The van der Waals surface area contributed by atoms with Crippen LogP contribution in [0.3, 0.4) is 0 Å². The molecular weight excluding hydrogens is 224 g/mol. The van der Waals surface area contributed by atoms with Gasteiger partial charge in [-0.25, -0.2) is 0 Å². The third kappa shape index (κ3) is 3.17. The molecule has 4 nitrogen and oxygen atoms in total. The summed E-state index contributed by atoms with van der Waals surface area (Å²) in [6.07, 6.45) is 6.63. The summed E-state index contributed by atoms with van der Waals surface area (Å²) in [5.74, 6) is 0. The molecule has 0 fully saturated rings. The second kappa shape index (κ2) is 6.31. The minimum atomic E-state index is 0.318. The van der Waals surface area contributed by atoms with E-state index in [1.807, 2.05) is 30.7 Å². The van der Waals surface area contributed by atoms with Crippen LogP contribution >= 0.6 is 0 Å². The zero-order valence-corrected chi connectivity index (χ0v) is 11.0. The summed E-state index contributed by atoms with van der Waals surface area (Å²) in [5.41, 5.74) is 2.49. The van der Waals surface area contributed by atoms with E-state index >= 15 is 0 Å². The normalized spacial score (nSPS) is 12.6. The van der Waals surface area contributed by atoms with Gasteiger partial charge in [0, 0.05) is 37.7 Å². The fourth-order valence-corrected chi connectivity index (χ4v) is 1.95. The van der Waals surface area contributed by atoms with Crippen molar-refractivity contribution in [3.8, 4) is 0 Å². The molecule has 96 valence electrons. The first-order chi connectivity index (χ1) is 8.81. The zero-order chi connectivity index (χ0) is 12.8. The maximum Gasteiger partial charge on any atom is 0.0522 e. The molecule has 0 amide bonds. The van der Waals surface area contributed by atoms with Crippen molar-refractivity contribution in [1.82, 2.24) is 20.1 Å². The number of rotatable bonds is 6. The van der Waals surface area contributed by atoms with Crippen molar-refractivity contribution in [2.45, 2.75) is 39.4 Å². The average molecular weight is 244 g/mol. The standard InChI is InChI=1S/C14H20N4/c1-3-10-18-14(6-9-17-18)11-16-12(2)13-4-7-15-8-5-13/h4-9,12,16H,3,10-11H2,1-2H3/t12-/m0/s1. The predicted octanol–water partition coefficient (Wildman–Crippen LogP) is 2.54. The lowest BCUT2D eigenvalue weighted by molar-refractivity contribution is 0.516. The molecule has 2 aromatic heterocycles. The molecule has 2 rings (SSSR count). The molecule has 0 aromatic carbocycles. The summed E-state index contributed by atoms with van der Waals surface area (Å²) in [6.45, 7) is 6.14. The largest absolute Gasteiger partial charge is 0.305 e. The topological polar surface area (TPSA) is 42.7 Å². The van der Waals surface area contributed by atoms with Crippen molar-refractivity contribution in [3.63, 3.8) is 0 Å². The van der Waals surface area contributed by atoms with Crippen LogP contribution in [0, 0.1) is 0 Å². The Balaban J connectivity index is 1.93. The maximum atomic E-state index is 4.32. The van der Waals surface area contributed by atoms with Gasteiger partial charge in [-0.05, 0) is 37.1 Å². The number of aromatic nitrogens is 3. The molecule has 0 saturated carbocycles. The molecule has 0 spiro atoms. The summed E-state index contributed by atoms with van der Waals surface area (Å²) < 4.78 is 2.06. The van der Waals surface area contributed by atoms with E-state index in [4.69, 9.17) is 0 Å². The average Bonchev–Trinajstić information content (AvgIpc) is 2.85. The summed E-state index contributed by atoms with van der Waals surface area (Å²) in [5, 5.41) is 7.83. The van der Waals surface area contributed by atoms with Crippen molar-refractivity contribution < 1.29 is 0 Å². The monoisotopic (exact) mass is 244 g/mol. The van der Waals surface area contributed by atoms with Gasteiger partial charge in [0.25, 0.3) is 0 Å². The molecule has 0 bridgehead atoms. The van der Waals surface area contributed by atoms with Crippen molar-refractivity contribution in [1.29, 1.82) is 0 Å². The Labute approximate surface area is 108 Å². The van der Waals surface area contributed by atoms with Gasteiger partial charge in [-0.15, -0.1) is 0 Å². The Morgan fingerprint density at radius 3 is 2.72 bits per heavy atom. The minimum Gasteiger partial charge on any atom is -0.305 e. The Hall–Kier alpha value is -1.68. The van der Waals surface area contributed by atoms with E-state index in [1.54, 1.807) is 0 Å². The molecule has 0 saturated heterocycles. The zero-order valence-electron chi connectivity index (χ0n) is 11.0. The van der Waals surface area contributed by atoms with Crippen molar-refractivity contribution in [3.05, 3.63) is 48.0 Å². The molecular formula is C14H20N4. The number of nitrogens with zero attached hydrogens (tertiary/aromatic N) is 3. The fraction of sp³-hybridized carbons (Fsp3) is 0.429. The van der Waals surface area contributed by atoms with Crippen LogP contribution in [-0.2, 0) is 13.1 Å². The van der Waals surface area contributed by atoms with Crippen LogP contribution in [0.2, 0.25) is 0 Å². The van der Waals surface area contributed by atoms with Crippen molar-refractivity contribution in [2.24, 2.45) is 0 Å². The van der Waals surface area contributed by atoms with Crippen LogP contribution in [0.4, 0.5) is 0 Å². The van der Waals surface area contributed by atoms with Gasteiger partial charge in [0.1, 0.15) is 0 Å². The molecule has 0 aliphatic rings. The van der Waals surface area contributed by atoms with Crippen molar-refractivity contribution >= 4 is 0 Å². The molecule has 0 radical (unpaired) electrons. The highest BCUT2D eigenvalue weighted by molar-refractivity contribution is 5.14. The minimum absolute atomic E-state index is 0.318. The highest BCUT2D eigenvalue weighted by Gasteiger charge is 2.06. The number of pyridine rings is 1. The van der Waals surface area contributed by atoms with Crippen LogP contribution in [-0.4, -0.2) is 14.8 Å². The first kappa shape index (κ1) is 12.8. The molecule has 0 aliphatic carbocycles. The van der Waals surface area contributed by atoms with Crippen LogP contribution < -0.4 is 5.32 Å². The van der Waals surface area contributed by atoms with E-state index in [0.29, 0.717) is 6.04 Å². The summed E-state index contributed by atoms with van der Waals surface area (Å²) in [4.78, 5) is 4.03. The Morgan fingerprint density at radius 1 is 1.22 bits per heavy atom. The second-order valence-corrected chi connectivity index (χ2v) is 4.43. The highest BCUT2D eigenvalue weighted by Crippen LogP contribution is 2.11.